The van der Waals surface area contributed by atoms with E-state index in [9.17, 15) is 9.59 Å². The van der Waals surface area contributed by atoms with Gasteiger partial charge in [0.1, 0.15) is 5.01 Å². The van der Waals surface area contributed by atoms with Crippen LogP contribution in [0.4, 0.5) is 0 Å². The van der Waals surface area contributed by atoms with Crippen molar-refractivity contribution < 1.29 is 9.59 Å². The van der Waals surface area contributed by atoms with E-state index < -0.39 is 0 Å². The van der Waals surface area contributed by atoms with Crippen molar-refractivity contribution in [3.8, 4) is 10.6 Å². The van der Waals surface area contributed by atoms with Crippen LogP contribution in [-0.4, -0.2) is 52.8 Å². The third kappa shape index (κ3) is 4.87. The summed E-state index contributed by atoms with van der Waals surface area (Å²) in [5.74, 6) is 0.139. The quantitative estimate of drug-likeness (QED) is 0.866. The first-order valence-corrected chi connectivity index (χ1v) is 9.96. The molecule has 0 bridgehead atoms. The van der Waals surface area contributed by atoms with Crippen LogP contribution in [0.15, 0.2) is 17.5 Å². The molecule has 25 heavy (non-hydrogen) atoms. The number of rotatable bonds is 5. The Balaban J connectivity index is 1.56. The molecule has 8 heteroatoms. The van der Waals surface area contributed by atoms with Crippen molar-refractivity contribution >= 4 is 34.5 Å². The van der Waals surface area contributed by atoms with E-state index in [1.807, 2.05) is 11.0 Å². The first kappa shape index (κ1) is 18.0. The first-order valence-electron chi connectivity index (χ1n) is 8.27. The van der Waals surface area contributed by atoms with E-state index in [2.05, 4.69) is 21.7 Å². The van der Waals surface area contributed by atoms with Gasteiger partial charge in [-0.05, 0) is 12.1 Å². The third-order valence-electron chi connectivity index (χ3n) is 4.15. The standard InChI is InChI=1S/C17H22N4O2S2/c1-12(22)18-9-14-3-4-16(25-14)15-11-24-17(19-15)10-20-5-7-21(8-6-20)13(2)23/h3-4,11H,5-10H2,1-2H3,(H,18,22). The van der Waals surface area contributed by atoms with Crippen molar-refractivity contribution in [1.82, 2.24) is 20.1 Å². The molecule has 2 aromatic heterocycles. The Morgan fingerprint density at radius 2 is 1.96 bits per heavy atom. The molecule has 0 aromatic carbocycles. The van der Waals surface area contributed by atoms with Gasteiger partial charge in [-0.25, -0.2) is 4.98 Å². The van der Waals surface area contributed by atoms with Crippen molar-refractivity contribution in [3.63, 3.8) is 0 Å². The minimum Gasteiger partial charge on any atom is -0.351 e. The smallest absolute Gasteiger partial charge is 0.219 e. The minimum absolute atomic E-state index is 0.0178. The van der Waals surface area contributed by atoms with E-state index in [-0.39, 0.29) is 11.8 Å². The summed E-state index contributed by atoms with van der Waals surface area (Å²) in [6, 6.07) is 4.10. The number of thiazole rings is 1. The average molecular weight is 379 g/mol. The molecule has 0 saturated carbocycles. The number of aromatic nitrogens is 1. The fourth-order valence-corrected chi connectivity index (χ4v) is 4.55. The largest absolute Gasteiger partial charge is 0.351 e. The Bertz CT molecular complexity index is 747. The molecule has 1 N–H and O–H groups in total. The Hall–Kier alpha value is -1.77. The van der Waals surface area contributed by atoms with Crippen molar-refractivity contribution in [1.29, 1.82) is 0 Å². The van der Waals surface area contributed by atoms with Gasteiger partial charge in [0.15, 0.2) is 0 Å². The van der Waals surface area contributed by atoms with E-state index in [0.717, 1.165) is 53.2 Å². The lowest BCUT2D eigenvalue weighted by Gasteiger charge is -2.33. The van der Waals surface area contributed by atoms with Crippen LogP contribution in [0.1, 0.15) is 23.7 Å². The summed E-state index contributed by atoms with van der Waals surface area (Å²) in [7, 11) is 0. The molecule has 1 aliphatic heterocycles. The molecule has 1 fully saturated rings. The summed E-state index contributed by atoms with van der Waals surface area (Å²) in [5, 5.41) is 6.01. The molecule has 6 nitrogen and oxygen atoms in total. The number of hydrogen-bond acceptors (Lipinski definition) is 6. The van der Waals surface area contributed by atoms with Crippen molar-refractivity contribution in [2.24, 2.45) is 0 Å². The molecule has 0 aliphatic carbocycles. The molecule has 0 radical (unpaired) electrons. The Morgan fingerprint density at radius 1 is 1.20 bits per heavy atom. The van der Waals surface area contributed by atoms with Crippen molar-refractivity contribution in [2.45, 2.75) is 26.9 Å². The van der Waals surface area contributed by atoms with Crippen LogP contribution in [0.2, 0.25) is 0 Å². The van der Waals surface area contributed by atoms with Crippen LogP contribution < -0.4 is 5.32 Å². The van der Waals surface area contributed by atoms with Crippen LogP contribution in [0.3, 0.4) is 0 Å². The highest BCUT2D eigenvalue weighted by molar-refractivity contribution is 7.16. The van der Waals surface area contributed by atoms with Gasteiger partial charge in [0, 0.05) is 50.3 Å². The van der Waals surface area contributed by atoms with Crippen molar-refractivity contribution in [3.05, 3.63) is 27.4 Å². The maximum absolute atomic E-state index is 11.4. The highest BCUT2D eigenvalue weighted by Gasteiger charge is 2.19. The molecule has 0 atom stereocenters. The highest BCUT2D eigenvalue weighted by Crippen LogP contribution is 2.29. The predicted molar refractivity (Wildman–Crippen MR) is 100 cm³/mol. The van der Waals surface area contributed by atoms with Crippen molar-refractivity contribution in [2.75, 3.05) is 26.2 Å². The third-order valence-corrected chi connectivity index (χ3v) is 6.10. The summed E-state index contributed by atoms with van der Waals surface area (Å²) in [6.45, 7) is 7.94. The normalized spacial score (nSPS) is 15.4. The van der Waals surface area contributed by atoms with Gasteiger partial charge in [0.05, 0.1) is 23.7 Å². The van der Waals surface area contributed by atoms with E-state index in [4.69, 9.17) is 4.98 Å². The average Bonchev–Trinajstić information content (AvgIpc) is 3.22. The van der Waals surface area contributed by atoms with Gasteiger partial charge in [-0.1, -0.05) is 0 Å². The van der Waals surface area contributed by atoms with Gasteiger partial charge in [0.25, 0.3) is 0 Å². The molecular formula is C17H22N4O2S2. The summed E-state index contributed by atoms with van der Waals surface area (Å²) in [4.78, 5) is 33.6. The maximum Gasteiger partial charge on any atom is 0.219 e. The second kappa shape index (κ2) is 8.07. The van der Waals surface area contributed by atoms with Crippen LogP contribution in [0.25, 0.3) is 10.6 Å². The fraction of sp³-hybridized carbons (Fsp3) is 0.471. The van der Waals surface area contributed by atoms with Gasteiger partial charge in [-0.3, -0.25) is 14.5 Å². The summed E-state index contributed by atoms with van der Waals surface area (Å²) in [5.41, 5.74) is 1.00. The van der Waals surface area contributed by atoms with Gasteiger partial charge in [-0.2, -0.15) is 0 Å². The Morgan fingerprint density at radius 3 is 2.64 bits per heavy atom. The SMILES string of the molecule is CC(=O)NCc1ccc(-c2csc(CN3CCN(C(C)=O)CC3)n2)s1. The molecule has 2 amide bonds. The molecule has 1 saturated heterocycles. The summed E-state index contributed by atoms with van der Waals surface area (Å²) < 4.78 is 0. The predicted octanol–water partition coefficient (Wildman–Crippen LogP) is 2.17. The topological polar surface area (TPSA) is 65.5 Å². The number of amides is 2. The molecule has 0 unspecified atom stereocenters. The maximum atomic E-state index is 11.4. The molecule has 0 spiro atoms. The molecule has 3 rings (SSSR count). The van der Waals surface area contributed by atoms with E-state index in [1.165, 1.54) is 6.92 Å². The number of piperazine rings is 1. The summed E-state index contributed by atoms with van der Waals surface area (Å²) in [6.07, 6.45) is 0. The van der Waals surface area contributed by atoms with E-state index in [1.54, 1.807) is 29.6 Å². The van der Waals surface area contributed by atoms with Gasteiger partial charge in [0.2, 0.25) is 11.8 Å². The molecule has 2 aromatic rings. The fourth-order valence-electron chi connectivity index (χ4n) is 2.73. The molecule has 134 valence electrons. The highest BCUT2D eigenvalue weighted by atomic mass is 32.1. The monoisotopic (exact) mass is 378 g/mol. The van der Waals surface area contributed by atoms with Crippen LogP contribution >= 0.6 is 22.7 Å². The number of nitrogens with one attached hydrogen (secondary N) is 1. The van der Waals surface area contributed by atoms with Crippen LogP contribution in [0.5, 0.6) is 0 Å². The number of hydrogen-bond donors (Lipinski definition) is 1. The lowest BCUT2D eigenvalue weighted by molar-refractivity contribution is -0.130. The Kier molecular flexibility index (Phi) is 5.82. The zero-order valence-electron chi connectivity index (χ0n) is 14.4. The first-order chi connectivity index (χ1) is 12.0. The van der Waals surface area contributed by atoms with Gasteiger partial charge in [-0.15, -0.1) is 22.7 Å². The summed E-state index contributed by atoms with van der Waals surface area (Å²) >= 11 is 3.34. The number of carbonyl (C=O) groups is 2. The minimum atomic E-state index is -0.0178. The Labute approximate surface area is 155 Å². The van der Waals surface area contributed by atoms with Gasteiger partial charge < -0.3 is 10.2 Å². The lowest BCUT2D eigenvalue weighted by atomic mass is 10.3. The van der Waals surface area contributed by atoms with E-state index in [0.29, 0.717) is 6.54 Å². The number of nitrogens with zero attached hydrogens (tertiary/aromatic N) is 3. The zero-order chi connectivity index (χ0) is 17.8. The number of carbonyl (C=O) groups excluding carboxylic acids is 2. The van der Waals surface area contributed by atoms with Crippen LogP contribution in [0, 0.1) is 0 Å². The van der Waals surface area contributed by atoms with Gasteiger partial charge >= 0.3 is 0 Å². The lowest BCUT2D eigenvalue weighted by Crippen LogP contribution is -2.47. The molecule has 3 heterocycles. The molecular weight excluding hydrogens is 356 g/mol. The molecule has 1 aliphatic rings. The second-order valence-corrected chi connectivity index (χ2v) is 8.20. The second-order valence-electron chi connectivity index (χ2n) is 6.08. The van der Waals surface area contributed by atoms with E-state index >= 15 is 0 Å². The zero-order valence-corrected chi connectivity index (χ0v) is 16.1. The number of thiophene rings is 1. The van der Waals surface area contributed by atoms with Crippen LogP contribution in [-0.2, 0) is 22.7 Å².